The number of carboxylic acid groups (broad SMARTS) is 2. The van der Waals surface area contributed by atoms with E-state index in [0.29, 0.717) is 0 Å². The van der Waals surface area contributed by atoms with E-state index in [9.17, 15) is 19.8 Å². The second-order valence-electron chi connectivity index (χ2n) is 1.60. The van der Waals surface area contributed by atoms with Crippen molar-refractivity contribution < 1.29 is 39.3 Å². The van der Waals surface area contributed by atoms with E-state index in [1.54, 1.807) is 0 Å². The summed E-state index contributed by atoms with van der Waals surface area (Å²) in [4.78, 5) is 19.3. The molecule has 5 heteroatoms. The molecule has 0 amide bonds. The fraction of sp³-hybridized carbons (Fsp3) is 0.600. The van der Waals surface area contributed by atoms with E-state index in [2.05, 4.69) is 0 Å². The Balaban J connectivity index is 0. The molecule has 4 nitrogen and oxygen atoms in total. The molecule has 10 heavy (non-hydrogen) atoms. The summed E-state index contributed by atoms with van der Waals surface area (Å²) in [5.74, 6) is -2.45. The fourth-order valence-electron chi connectivity index (χ4n) is 0.377. The van der Waals surface area contributed by atoms with Crippen LogP contribution in [-0.2, 0) is 29.1 Å². The zero-order valence-electron chi connectivity index (χ0n) is 5.46. The monoisotopic (exact) mass is 194 g/mol. The summed E-state index contributed by atoms with van der Waals surface area (Å²) < 4.78 is 0. The summed E-state index contributed by atoms with van der Waals surface area (Å²) in [5, 5.41) is 19.3. The summed E-state index contributed by atoms with van der Waals surface area (Å²) in [7, 11) is 0. The Hall–Kier alpha value is -0.437. The van der Waals surface area contributed by atoms with Crippen molar-refractivity contribution >= 4 is 11.9 Å². The Labute approximate surface area is 71.0 Å². The first-order chi connectivity index (χ1) is 4.13. The first-order valence-electron chi connectivity index (χ1n) is 2.52. The van der Waals surface area contributed by atoms with Gasteiger partial charge in [-0.3, -0.25) is 0 Å². The summed E-state index contributed by atoms with van der Waals surface area (Å²) >= 11 is 0. The zero-order chi connectivity index (χ0) is 7.28. The van der Waals surface area contributed by atoms with Gasteiger partial charge in [-0.1, -0.05) is 0 Å². The quantitative estimate of drug-likeness (QED) is 0.471. The summed E-state index contributed by atoms with van der Waals surface area (Å²) in [6.07, 6.45) is -0.341. The minimum Gasteiger partial charge on any atom is -0.550 e. The number of carboxylic acids is 2. The maximum Gasteiger partial charge on any atom is 2.00 e. The van der Waals surface area contributed by atoms with Gasteiger partial charge in [0.05, 0.1) is 0 Å². The van der Waals surface area contributed by atoms with Crippen molar-refractivity contribution in [2.45, 2.75) is 19.3 Å². The van der Waals surface area contributed by atoms with Gasteiger partial charge in [-0.2, -0.15) is 0 Å². The topological polar surface area (TPSA) is 80.3 Å². The van der Waals surface area contributed by atoms with Gasteiger partial charge in [-0.25, -0.2) is 0 Å². The maximum atomic E-state index is 9.66. The molecule has 0 bridgehead atoms. The number of hydrogen-bond acceptors (Lipinski definition) is 4. The number of aliphatic carboxylic acids is 2. The number of hydrogen-bond donors (Lipinski definition) is 0. The number of carbonyl (C=O) groups is 2. The summed E-state index contributed by atoms with van der Waals surface area (Å²) in [6, 6.07) is 0. The average Bonchev–Trinajstić information content (AvgIpc) is 1.63. The average molecular weight is 195 g/mol. The van der Waals surface area contributed by atoms with E-state index in [0.717, 1.165) is 0 Å². The van der Waals surface area contributed by atoms with Gasteiger partial charge in [0, 0.05) is 11.9 Å². The predicted octanol–water partition coefficient (Wildman–Crippen LogP) is -2.35. The van der Waals surface area contributed by atoms with Crippen LogP contribution >= 0.6 is 0 Å². The smallest absolute Gasteiger partial charge is 0.550 e. The van der Waals surface area contributed by atoms with Crippen LogP contribution in [0.1, 0.15) is 19.3 Å². The third kappa shape index (κ3) is 10.5. The molecule has 0 aromatic rings. The molecule has 0 saturated carbocycles. The van der Waals surface area contributed by atoms with Gasteiger partial charge in [0.1, 0.15) is 0 Å². The molecule has 52 valence electrons. The van der Waals surface area contributed by atoms with Crippen molar-refractivity contribution in [3.8, 4) is 0 Å². The molecule has 0 saturated heterocycles. The molecule has 0 unspecified atom stereocenters. The normalized spacial score (nSPS) is 8.00. The van der Waals surface area contributed by atoms with Crippen LogP contribution in [0.4, 0.5) is 0 Å². The van der Waals surface area contributed by atoms with Crippen LogP contribution in [-0.4, -0.2) is 11.9 Å². The maximum absolute atomic E-state index is 9.66. The van der Waals surface area contributed by atoms with E-state index < -0.39 is 11.9 Å². The third-order valence-electron chi connectivity index (χ3n) is 0.762. The van der Waals surface area contributed by atoms with Crippen LogP contribution in [0.5, 0.6) is 0 Å². The number of rotatable bonds is 4. The molecule has 0 N–H and O–H groups in total. The molecule has 0 radical (unpaired) electrons. The zero-order valence-corrected chi connectivity index (χ0v) is 8.43. The summed E-state index contributed by atoms with van der Waals surface area (Å²) in [5.41, 5.74) is 0. The molecular weight excluding hydrogens is 189 g/mol. The van der Waals surface area contributed by atoms with Crippen molar-refractivity contribution in [1.29, 1.82) is 0 Å². The minimum absolute atomic E-state index is 0. The predicted molar refractivity (Wildman–Crippen MR) is 23.9 cm³/mol. The van der Waals surface area contributed by atoms with Gasteiger partial charge >= 0.3 is 19.5 Å². The van der Waals surface area contributed by atoms with E-state index in [-0.39, 0.29) is 38.7 Å². The second kappa shape index (κ2) is 6.68. The van der Waals surface area contributed by atoms with Crippen LogP contribution in [0, 0.1) is 0 Å². The summed E-state index contributed by atoms with van der Waals surface area (Å²) in [6.45, 7) is 0. The molecule has 0 fully saturated rings. The van der Waals surface area contributed by atoms with E-state index in [1.165, 1.54) is 0 Å². The molecule has 0 aliphatic carbocycles. The Morgan fingerprint density at radius 1 is 1.00 bits per heavy atom. The molecule has 0 aromatic heterocycles. The first-order valence-corrected chi connectivity index (χ1v) is 2.52. The van der Waals surface area contributed by atoms with Crippen LogP contribution in [0.15, 0.2) is 0 Å². The fourth-order valence-corrected chi connectivity index (χ4v) is 0.377. The third-order valence-corrected chi connectivity index (χ3v) is 0.762. The SMILES string of the molecule is O=C([O-])CCCC(=O)[O-].[Zn+2]. The molecule has 0 heterocycles. The first kappa shape index (κ1) is 12.3. The van der Waals surface area contributed by atoms with Crippen LogP contribution in [0.25, 0.3) is 0 Å². The molecular formula is C5H6O4Zn. The van der Waals surface area contributed by atoms with Crippen molar-refractivity contribution in [1.82, 2.24) is 0 Å². The van der Waals surface area contributed by atoms with E-state index in [1.807, 2.05) is 0 Å². The standard InChI is InChI=1S/C5H8O4.Zn/c6-4(7)2-1-3-5(8)9;/h1-3H2,(H,6,7)(H,8,9);/q;+2/p-2. The minimum atomic E-state index is -1.23. The van der Waals surface area contributed by atoms with Gasteiger partial charge in [0.2, 0.25) is 0 Å². The molecule has 0 rings (SSSR count). The van der Waals surface area contributed by atoms with Crippen LogP contribution in [0.3, 0.4) is 0 Å². The molecule has 0 spiro atoms. The van der Waals surface area contributed by atoms with Gasteiger partial charge < -0.3 is 19.8 Å². The van der Waals surface area contributed by atoms with E-state index >= 15 is 0 Å². The Kier molecular flexibility index (Phi) is 8.19. The molecule has 0 aliphatic rings. The molecule has 0 atom stereocenters. The Morgan fingerprint density at radius 2 is 1.30 bits per heavy atom. The number of carbonyl (C=O) groups excluding carboxylic acids is 2. The van der Waals surface area contributed by atoms with E-state index in [4.69, 9.17) is 0 Å². The second-order valence-corrected chi connectivity index (χ2v) is 1.60. The van der Waals surface area contributed by atoms with Crippen LogP contribution < -0.4 is 10.2 Å². The molecule has 0 aliphatic heterocycles. The van der Waals surface area contributed by atoms with Gasteiger partial charge in [0.25, 0.3) is 0 Å². The Morgan fingerprint density at radius 3 is 1.50 bits per heavy atom. The van der Waals surface area contributed by atoms with Crippen molar-refractivity contribution in [3.05, 3.63) is 0 Å². The largest absolute Gasteiger partial charge is 2.00 e. The van der Waals surface area contributed by atoms with Crippen molar-refractivity contribution in [2.75, 3.05) is 0 Å². The van der Waals surface area contributed by atoms with Gasteiger partial charge in [0.15, 0.2) is 0 Å². The van der Waals surface area contributed by atoms with Crippen molar-refractivity contribution in [3.63, 3.8) is 0 Å². The Bertz CT molecular complexity index is 109. The van der Waals surface area contributed by atoms with Crippen molar-refractivity contribution in [2.24, 2.45) is 0 Å². The van der Waals surface area contributed by atoms with Crippen LogP contribution in [0.2, 0.25) is 0 Å². The van der Waals surface area contributed by atoms with Gasteiger partial charge in [-0.05, 0) is 19.3 Å². The van der Waals surface area contributed by atoms with Gasteiger partial charge in [-0.15, -0.1) is 0 Å². The molecule has 0 aromatic carbocycles.